The van der Waals surface area contributed by atoms with Gasteiger partial charge < -0.3 is 14.5 Å². The van der Waals surface area contributed by atoms with Gasteiger partial charge >= 0.3 is 0 Å². The minimum absolute atomic E-state index is 0.512. The van der Waals surface area contributed by atoms with Crippen LogP contribution in [0, 0.1) is 5.92 Å². The molecule has 3 nitrogen and oxygen atoms in total. The third-order valence-electron chi connectivity index (χ3n) is 2.90. The fraction of sp³-hybridized carbons (Fsp3) is 0.375. The van der Waals surface area contributed by atoms with E-state index in [0.29, 0.717) is 12.5 Å². The summed E-state index contributed by atoms with van der Waals surface area (Å²) in [5.74, 6) is 2.41. The van der Waals surface area contributed by atoms with E-state index in [4.69, 9.17) is 9.15 Å². The minimum Gasteiger partial charge on any atom is -0.488 e. The van der Waals surface area contributed by atoms with Crippen LogP contribution in [-0.2, 0) is 13.2 Å². The lowest BCUT2D eigenvalue weighted by Crippen LogP contribution is -2.19. The molecule has 2 rings (SSSR count). The molecule has 0 atom stereocenters. The number of benzene rings is 1. The number of hydrogen-bond acceptors (Lipinski definition) is 3. The molecule has 2 aromatic rings. The van der Waals surface area contributed by atoms with E-state index >= 15 is 0 Å². The number of nitrogens with one attached hydrogen (secondary N) is 1. The van der Waals surface area contributed by atoms with Crippen LogP contribution >= 0.6 is 15.9 Å². The van der Waals surface area contributed by atoms with Gasteiger partial charge in [0.1, 0.15) is 18.1 Å². The number of ether oxygens (including phenoxy) is 1. The van der Waals surface area contributed by atoms with E-state index in [0.717, 1.165) is 34.6 Å². The highest BCUT2D eigenvalue weighted by Crippen LogP contribution is 2.25. The topological polar surface area (TPSA) is 34.4 Å². The van der Waals surface area contributed by atoms with Crippen molar-refractivity contribution in [3.8, 4) is 5.75 Å². The summed E-state index contributed by atoms with van der Waals surface area (Å²) in [5.41, 5.74) is 1.08. The summed E-state index contributed by atoms with van der Waals surface area (Å²) in [7, 11) is 0. The number of furan rings is 1. The van der Waals surface area contributed by atoms with Gasteiger partial charge in [-0.05, 0) is 46.6 Å². The second-order valence-corrected chi connectivity index (χ2v) is 5.97. The van der Waals surface area contributed by atoms with Crippen LogP contribution in [0.2, 0.25) is 0 Å². The molecule has 0 bridgehead atoms. The van der Waals surface area contributed by atoms with Crippen molar-refractivity contribution in [2.75, 3.05) is 6.54 Å². The maximum absolute atomic E-state index is 5.81. The normalized spacial score (nSPS) is 11.0. The van der Waals surface area contributed by atoms with Gasteiger partial charge in [-0.15, -0.1) is 0 Å². The van der Waals surface area contributed by atoms with Crippen molar-refractivity contribution in [3.05, 3.63) is 52.4 Å². The maximum atomic E-state index is 5.81. The molecule has 4 heteroatoms. The highest BCUT2D eigenvalue weighted by atomic mass is 79.9. The average molecular weight is 338 g/mol. The molecule has 0 unspecified atom stereocenters. The Morgan fingerprint density at radius 2 is 2.05 bits per heavy atom. The van der Waals surface area contributed by atoms with Crippen LogP contribution in [0.15, 0.2) is 45.5 Å². The largest absolute Gasteiger partial charge is 0.488 e. The van der Waals surface area contributed by atoms with Crippen molar-refractivity contribution < 1.29 is 9.15 Å². The lowest BCUT2D eigenvalue weighted by atomic mass is 10.2. The Morgan fingerprint density at radius 3 is 2.80 bits per heavy atom. The Balaban J connectivity index is 1.90. The minimum atomic E-state index is 0.512. The predicted octanol–water partition coefficient (Wildman–Crippen LogP) is 4.37. The highest BCUT2D eigenvalue weighted by molar-refractivity contribution is 9.10. The molecule has 108 valence electrons. The zero-order valence-electron chi connectivity index (χ0n) is 11.9. The van der Waals surface area contributed by atoms with Crippen molar-refractivity contribution >= 4 is 15.9 Å². The standard InChI is InChI=1S/C16H20BrNO2/c1-12(2)9-18-10-16-13(7-8-19-16)11-20-15-6-4-3-5-14(15)17/h3-8,12,18H,9-11H2,1-2H3. The Hall–Kier alpha value is -1.26. The zero-order valence-corrected chi connectivity index (χ0v) is 13.4. The van der Waals surface area contributed by atoms with E-state index in [2.05, 4.69) is 35.1 Å². The second kappa shape index (κ2) is 7.50. The number of rotatable bonds is 7. The van der Waals surface area contributed by atoms with Gasteiger partial charge in [0.25, 0.3) is 0 Å². The monoisotopic (exact) mass is 337 g/mol. The van der Waals surface area contributed by atoms with E-state index < -0.39 is 0 Å². The van der Waals surface area contributed by atoms with Crippen LogP contribution in [0.4, 0.5) is 0 Å². The van der Waals surface area contributed by atoms with E-state index in [1.54, 1.807) is 6.26 Å². The molecule has 1 heterocycles. The first-order chi connectivity index (χ1) is 9.66. The maximum Gasteiger partial charge on any atom is 0.133 e. The van der Waals surface area contributed by atoms with Crippen LogP contribution in [0.3, 0.4) is 0 Å². The Labute approximate surface area is 128 Å². The number of hydrogen-bond donors (Lipinski definition) is 1. The van der Waals surface area contributed by atoms with Crippen LogP contribution in [-0.4, -0.2) is 6.54 Å². The molecule has 1 aromatic carbocycles. The molecule has 0 saturated carbocycles. The van der Waals surface area contributed by atoms with Gasteiger partial charge in [-0.1, -0.05) is 26.0 Å². The van der Waals surface area contributed by atoms with Crippen LogP contribution in [0.1, 0.15) is 25.2 Å². The van der Waals surface area contributed by atoms with Crippen molar-refractivity contribution in [1.82, 2.24) is 5.32 Å². The highest BCUT2D eigenvalue weighted by Gasteiger charge is 2.08. The van der Waals surface area contributed by atoms with Gasteiger partial charge in [0, 0.05) is 5.56 Å². The van der Waals surface area contributed by atoms with Crippen molar-refractivity contribution in [2.45, 2.75) is 27.0 Å². The van der Waals surface area contributed by atoms with Crippen molar-refractivity contribution in [1.29, 1.82) is 0 Å². The number of para-hydroxylation sites is 1. The molecule has 0 aliphatic rings. The van der Waals surface area contributed by atoms with E-state index in [9.17, 15) is 0 Å². The molecule has 0 saturated heterocycles. The van der Waals surface area contributed by atoms with E-state index in [1.165, 1.54) is 0 Å². The molecule has 20 heavy (non-hydrogen) atoms. The summed E-state index contributed by atoms with van der Waals surface area (Å²) in [6, 6.07) is 9.80. The summed E-state index contributed by atoms with van der Waals surface area (Å²) in [6.07, 6.45) is 1.71. The first-order valence-electron chi connectivity index (χ1n) is 6.80. The second-order valence-electron chi connectivity index (χ2n) is 5.11. The molecule has 0 amide bonds. The van der Waals surface area contributed by atoms with Crippen molar-refractivity contribution in [3.63, 3.8) is 0 Å². The van der Waals surface area contributed by atoms with Crippen LogP contribution in [0.25, 0.3) is 0 Å². The summed E-state index contributed by atoms with van der Waals surface area (Å²) in [4.78, 5) is 0. The van der Waals surface area contributed by atoms with Gasteiger partial charge in [0.15, 0.2) is 0 Å². The molecule has 0 fully saturated rings. The predicted molar refractivity (Wildman–Crippen MR) is 83.7 cm³/mol. The lowest BCUT2D eigenvalue weighted by molar-refractivity contribution is 0.299. The van der Waals surface area contributed by atoms with Gasteiger partial charge in [-0.3, -0.25) is 0 Å². The quantitative estimate of drug-likeness (QED) is 0.814. The zero-order chi connectivity index (χ0) is 14.4. The average Bonchev–Trinajstić information content (AvgIpc) is 2.85. The molecular formula is C16H20BrNO2. The molecule has 1 N–H and O–H groups in total. The molecule has 1 aromatic heterocycles. The smallest absolute Gasteiger partial charge is 0.133 e. The van der Waals surface area contributed by atoms with Crippen molar-refractivity contribution in [2.24, 2.45) is 5.92 Å². The van der Waals surface area contributed by atoms with Gasteiger partial charge in [-0.2, -0.15) is 0 Å². The van der Waals surface area contributed by atoms with Crippen LogP contribution < -0.4 is 10.1 Å². The molecule has 0 spiro atoms. The Morgan fingerprint density at radius 1 is 1.25 bits per heavy atom. The Kier molecular flexibility index (Phi) is 5.68. The fourth-order valence-electron chi connectivity index (χ4n) is 1.84. The van der Waals surface area contributed by atoms with Crippen LogP contribution in [0.5, 0.6) is 5.75 Å². The third-order valence-corrected chi connectivity index (χ3v) is 3.55. The summed E-state index contributed by atoms with van der Waals surface area (Å²) in [5, 5.41) is 3.38. The molecule has 0 aliphatic heterocycles. The summed E-state index contributed by atoms with van der Waals surface area (Å²) >= 11 is 3.48. The fourth-order valence-corrected chi connectivity index (χ4v) is 2.24. The van der Waals surface area contributed by atoms with Gasteiger partial charge in [-0.25, -0.2) is 0 Å². The molecular weight excluding hydrogens is 318 g/mol. The van der Waals surface area contributed by atoms with Gasteiger partial charge in [0.05, 0.1) is 17.3 Å². The summed E-state index contributed by atoms with van der Waals surface area (Å²) in [6.45, 7) is 6.60. The first-order valence-corrected chi connectivity index (χ1v) is 7.59. The van der Waals surface area contributed by atoms with E-state index in [1.807, 2.05) is 30.3 Å². The molecule has 0 radical (unpaired) electrons. The van der Waals surface area contributed by atoms with E-state index in [-0.39, 0.29) is 0 Å². The Bertz CT molecular complexity index is 537. The lowest BCUT2D eigenvalue weighted by Gasteiger charge is -2.09. The summed E-state index contributed by atoms with van der Waals surface area (Å²) < 4.78 is 12.3. The first kappa shape index (κ1) is 15.1. The number of halogens is 1. The molecule has 0 aliphatic carbocycles. The third kappa shape index (κ3) is 4.39. The van der Waals surface area contributed by atoms with Gasteiger partial charge in [0.2, 0.25) is 0 Å². The SMILES string of the molecule is CC(C)CNCc1occc1COc1ccccc1Br.